The molecule has 108 valence electrons. The Bertz CT molecular complexity index is 549. The molecule has 4 nitrogen and oxygen atoms in total. The molecule has 1 fully saturated rings. The highest BCUT2D eigenvalue weighted by molar-refractivity contribution is 9.10. The van der Waals surface area contributed by atoms with Gasteiger partial charge in [-0.1, -0.05) is 15.9 Å². The topological polar surface area (TPSA) is 43.8 Å². The van der Waals surface area contributed by atoms with Crippen LogP contribution in [-0.4, -0.2) is 41.7 Å². The van der Waals surface area contributed by atoms with Crippen LogP contribution in [-0.2, 0) is 4.79 Å². The Morgan fingerprint density at radius 2 is 2.15 bits per heavy atom. The Morgan fingerprint density at radius 1 is 1.40 bits per heavy atom. The summed E-state index contributed by atoms with van der Waals surface area (Å²) in [7, 11) is 1.99. The molecular formula is C15H19BrN2O2. The molecule has 1 saturated heterocycles. The van der Waals surface area contributed by atoms with Gasteiger partial charge in [-0.3, -0.25) is 4.79 Å². The minimum Gasteiger partial charge on any atom is -0.388 e. The van der Waals surface area contributed by atoms with E-state index in [-0.39, 0.29) is 18.0 Å². The molecule has 1 N–H and O–H groups in total. The first-order valence-electron chi connectivity index (χ1n) is 7.00. The average Bonchev–Trinajstić information content (AvgIpc) is 2.83. The molecule has 2 aliphatic heterocycles. The SMILES string of the molecule is CC1C(O)C(N2CCCC2=O)c2cc(Br)ccc2N1C. The molecule has 0 spiro atoms. The van der Waals surface area contributed by atoms with E-state index in [4.69, 9.17) is 0 Å². The number of hydrogen-bond donors (Lipinski definition) is 1. The fourth-order valence-electron chi connectivity index (χ4n) is 3.30. The highest BCUT2D eigenvalue weighted by Crippen LogP contribution is 2.42. The smallest absolute Gasteiger partial charge is 0.223 e. The van der Waals surface area contributed by atoms with E-state index in [9.17, 15) is 9.90 Å². The summed E-state index contributed by atoms with van der Waals surface area (Å²) >= 11 is 3.49. The van der Waals surface area contributed by atoms with Crippen molar-refractivity contribution in [3.8, 4) is 0 Å². The quantitative estimate of drug-likeness (QED) is 0.854. The number of hydrogen-bond acceptors (Lipinski definition) is 3. The van der Waals surface area contributed by atoms with Gasteiger partial charge in [0.2, 0.25) is 5.91 Å². The lowest BCUT2D eigenvalue weighted by Gasteiger charge is -2.45. The third-order valence-electron chi connectivity index (χ3n) is 4.56. The summed E-state index contributed by atoms with van der Waals surface area (Å²) in [6, 6.07) is 5.83. The normalized spacial score (nSPS) is 29.8. The van der Waals surface area contributed by atoms with Crippen LogP contribution in [0.4, 0.5) is 5.69 Å². The lowest BCUT2D eigenvalue weighted by Crippen LogP contribution is -2.52. The molecule has 0 aliphatic carbocycles. The standard InChI is InChI=1S/C15H19BrN2O2/c1-9-15(20)14(18-7-3-4-13(18)19)11-8-10(16)5-6-12(11)17(9)2/h5-6,8-9,14-15,20H,3-4,7H2,1-2H3. The van der Waals surface area contributed by atoms with Crippen LogP contribution in [0, 0.1) is 0 Å². The van der Waals surface area contributed by atoms with Gasteiger partial charge < -0.3 is 14.9 Å². The van der Waals surface area contributed by atoms with Gasteiger partial charge in [0, 0.05) is 35.7 Å². The number of likely N-dealkylation sites (tertiary alicyclic amines) is 1. The minimum atomic E-state index is -0.566. The highest BCUT2D eigenvalue weighted by Gasteiger charge is 2.42. The number of rotatable bonds is 1. The first-order valence-corrected chi connectivity index (χ1v) is 7.80. The van der Waals surface area contributed by atoms with Crippen molar-refractivity contribution in [2.75, 3.05) is 18.5 Å². The van der Waals surface area contributed by atoms with Crippen molar-refractivity contribution < 1.29 is 9.90 Å². The second-order valence-corrected chi connectivity index (χ2v) is 6.60. The number of carbonyl (C=O) groups is 1. The zero-order valence-electron chi connectivity index (χ0n) is 11.7. The molecule has 0 radical (unpaired) electrons. The number of nitrogens with zero attached hydrogens (tertiary/aromatic N) is 2. The van der Waals surface area contributed by atoms with Crippen molar-refractivity contribution in [1.29, 1.82) is 0 Å². The monoisotopic (exact) mass is 338 g/mol. The average molecular weight is 339 g/mol. The molecule has 0 aromatic heterocycles. The molecule has 1 aromatic carbocycles. The van der Waals surface area contributed by atoms with E-state index in [1.807, 2.05) is 31.0 Å². The molecule has 2 heterocycles. The highest BCUT2D eigenvalue weighted by atomic mass is 79.9. The minimum absolute atomic E-state index is 0.0120. The van der Waals surface area contributed by atoms with Crippen LogP contribution in [0.2, 0.25) is 0 Å². The fourth-order valence-corrected chi connectivity index (χ4v) is 3.67. The van der Waals surface area contributed by atoms with Gasteiger partial charge in [0.1, 0.15) is 0 Å². The Kier molecular flexibility index (Phi) is 3.50. The maximum Gasteiger partial charge on any atom is 0.223 e. The van der Waals surface area contributed by atoms with E-state index in [1.165, 1.54) is 0 Å². The lowest BCUT2D eigenvalue weighted by atomic mass is 9.88. The van der Waals surface area contributed by atoms with E-state index in [0.29, 0.717) is 6.42 Å². The molecular weight excluding hydrogens is 320 g/mol. The molecule has 3 unspecified atom stereocenters. The van der Waals surface area contributed by atoms with Gasteiger partial charge in [-0.2, -0.15) is 0 Å². The van der Waals surface area contributed by atoms with Crippen LogP contribution < -0.4 is 4.90 Å². The van der Waals surface area contributed by atoms with Crippen molar-refractivity contribution in [3.05, 3.63) is 28.2 Å². The molecule has 0 bridgehead atoms. The zero-order chi connectivity index (χ0) is 14.4. The summed E-state index contributed by atoms with van der Waals surface area (Å²) in [6.45, 7) is 2.74. The summed E-state index contributed by atoms with van der Waals surface area (Å²) in [5, 5.41) is 10.7. The Balaban J connectivity index is 2.11. The number of halogens is 1. The lowest BCUT2D eigenvalue weighted by molar-refractivity contribution is -0.132. The maximum atomic E-state index is 12.1. The number of anilines is 1. The second-order valence-electron chi connectivity index (χ2n) is 5.68. The van der Waals surface area contributed by atoms with Crippen molar-refractivity contribution in [2.45, 2.75) is 38.0 Å². The van der Waals surface area contributed by atoms with E-state index < -0.39 is 6.10 Å². The molecule has 2 aliphatic rings. The molecule has 20 heavy (non-hydrogen) atoms. The first kappa shape index (κ1) is 13.9. The van der Waals surface area contributed by atoms with Crippen LogP contribution in [0.3, 0.4) is 0 Å². The van der Waals surface area contributed by atoms with Crippen LogP contribution in [0.5, 0.6) is 0 Å². The van der Waals surface area contributed by atoms with Gasteiger partial charge in [0.25, 0.3) is 0 Å². The van der Waals surface area contributed by atoms with Crippen LogP contribution in [0.25, 0.3) is 0 Å². The van der Waals surface area contributed by atoms with E-state index in [1.54, 1.807) is 0 Å². The molecule has 1 amide bonds. The van der Waals surface area contributed by atoms with Gasteiger partial charge in [-0.05, 0) is 31.5 Å². The Labute approximate surface area is 127 Å². The largest absolute Gasteiger partial charge is 0.388 e. The van der Waals surface area contributed by atoms with E-state index >= 15 is 0 Å². The van der Waals surface area contributed by atoms with Gasteiger partial charge in [-0.25, -0.2) is 0 Å². The predicted octanol–water partition coefficient (Wildman–Crippen LogP) is 2.31. The molecule has 3 rings (SSSR count). The predicted molar refractivity (Wildman–Crippen MR) is 81.7 cm³/mol. The van der Waals surface area contributed by atoms with Crippen molar-refractivity contribution in [1.82, 2.24) is 4.90 Å². The van der Waals surface area contributed by atoms with Crippen LogP contribution in [0.1, 0.15) is 31.4 Å². The summed E-state index contributed by atoms with van der Waals surface area (Å²) < 4.78 is 0.975. The first-order chi connectivity index (χ1) is 9.50. The Hall–Kier alpha value is -1.07. The maximum absolute atomic E-state index is 12.1. The van der Waals surface area contributed by atoms with Crippen LogP contribution in [0.15, 0.2) is 22.7 Å². The third kappa shape index (κ3) is 2.04. The summed E-state index contributed by atoms with van der Waals surface area (Å²) in [5.41, 5.74) is 2.12. The number of aliphatic hydroxyl groups excluding tert-OH is 1. The van der Waals surface area contributed by atoms with Crippen molar-refractivity contribution in [3.63, 3.8) is 0 Å². The van der Waals surface area contributed by atoms with Gasteiger partial charge in [0.05, 0.1) is 18.2 Å². The third-order valence-corrected chi connectivity index (χ3v) is 5.06. The molecule has 3 atom stereocenters. The number of benzene rings is 1. The zero-order valence-corrected chi connectivity index (χ0v) is 13.3. The molecule has 1 aromatic rings. The Morgan fingerprint density at radius 3 is 2.80 bits per heavy atom. The van der Waals surface area contributed by atoms with E-state index in [0.717, 1.165) is 28.7 Å². The van der Waals surface area contributed by atoms with Crippen LogP contribution >= 0.6 is 15.9 Å². The number of aliphatic hydroxyl groups is 1. The fraction of sp³-hybridized carbons (Fsp3) is 0.533. The molecule has 0 saturated carbocycles. The summed E-state index contributed by atoms with van der Waals surface area (Å²) in [4.78, 5) is 16.0. The van der Waals surface area contributed by atoms with Gasteiger partial charge in [-0.15, -0.1) is 0 Å². The number of fused-ring (bicyclic) bond motifs is 1. The molecule has 5 heteroatoms. The van der Waals surface area contributed by atoms with E-state index in [2.05, 4.69) is 26.9 Å². The number of carbonyl (C=O) groups excluding carboxylic acids is 1. The van der Waals surface area contributed by atoms with Crippen molar-refractivity contribution in [2.24, 2.45) is 0 Å². The number of amides is 1. The number of likely N-dealkylation sites (N-methyl/N-ethyl adjacent to an activating group) is 1. The van der Waals surface area contributed by atoms with Gasteiger partial charge in [0.15, 0.2) is 0 Å². The summed E-state index contributed by atoms with van der Waals surface area (Å²) in [5.74, 6) is 0.150. The summed E-state index contributed by atoms with van der Waals surface area (Å²) in [6.07, 6.45) is 0.913. The second kappa shape index (κ2) is 5.04. The van der Waals surface area contributed by atoms with Crippen molar-refractivity contribution >= 4 is 27.5 Å². The van der Waals surface area contributed by atoms with Gasteiger partial charge >= 0.3 is 0 Å².